The Balaban J connectivity index is 1.10. The maximum Gasteiger partial charge on any atom is 0.231 e. The van der Waals surface area contributed by atoms with Crippen LogP contribution in [0.5, 0.6) is 11.5 Å². The van der Waals surface area contributed by atoms with Gasteiger partial charge in [-0.05, 0) is 42.7 Å². The largest absolute Gasteiger partial charge is 0.454 e. The lowest BCUT2D eigenvalue weighted by Gasteiger charge is -2.32. The molecule has 1 amide bonds. The first-order chi connectivity index (χ1) is 17.7. The van der Waals surface area contributed by atoms with Crippen LogP contribution < -0.4 is 19.7 Å². The lowest BCUT2D eigenvalue weighted by Crippen LogP contribution is -2.43. The third-order valence-corrected chi connectivity index (χ3v) is 6.58. The summed E-state index contributed by atoms with van der Waals surface area (Å²) in [5, 5.41) is 12.0. The van der Waals surface area contributed by atoms with Crippen LogP contribution >= 0.6 is 0 Å². The first kappa shape index (κ1) is 22.1. The zero-order valence-corrected chi connectivity index (χ0v) is 19.7. The molecule has 0 aliphatic carbocycles. The molecule has 1 saturated heterocycles. The number of piperidine rings is 1. The topological polar surface area (TPSA) is 94.4 Å². The fraction of sp³-hybridized carbons (Fsp3) is 0.259. The normalized spacial score (nSPS) is 16.7. The molecule has 1 unspecified atom stereocenters. The maximum atomic E-state index is 12.9. The summed E-state index contributed by atoms with van der Waals surface area (Å²) in [5.74, 6) is 3.69. The van der Waals surface area contributed by atoms with Gasteiger partial charge in [-0.1, -0.05) is 36.4 Å². The molecule has 2 aliphatic rings. The summed E-state index contributed by atoms with van der Waals surface area (Å²) in [5.41, 5.74) is 2.00. The predicted octanol–water partition coefficient (Wildman–Crippen LogP) is 3.59. The lowest BCUT2D eigenvalue weighted by atomic mass is 9.97. The van der Waals surface area contributed by atoms with Crippen LogP contribution in [0.2, 0.25) is 0 Å². The number of carbonyl (C=O) groups is 1. The van der Waals surface area contributed by atoms with Crippen molar-refractivity contribution in [3.05, 3.63) is 78.6 Å². The number of nitrogens with one attached hydrogen (secondary N) is 1. The molecule has 182 valence electrons. The molecule has 9 heteroatoms. The molecule has 9 nitrogen and oxygen atoms in total. The number of nitrogens with zero attached hydrogens (tertiary/aromatic N) is 5. The highest BCUT2D eigenvalue weighted by molar-refractivity contribution is 5.79. The number of anilines is 1. The fourth-order valence-electron chi connectivity index (χ4n) is 4.69. The van der Waals surface area contributed by atoms with E-state index in [1.165, 1.54) is 0 Å². The van der Waals surface area contributed by atoms with Crippen molar-refractivity contribution in [1.29, 1.82) is 0 Å². The highest BCUT2D eigenvalue weighted by Crippen LogP contribution is 2.32. The Hall–Kier alpha value is -4.40. The number of ether oxygens (including phenoxy) is 2. The summed E-state index contributed by atoms with van der Waals surface area (Å²) >= 11 is 0. The zero-order valence-electron chi connectivity index (χ0n) is 19.7. The Morgan fingerprint density at radius 2 is 1.83 bits per heavy atom. The minimum atomic E-state index is -0.104. The molecule has 4 heterocycles. The predicted molar refractivity (Wildman–Crippen MR) is 134 cm³/mol. The highest BCUT2D eigenvalue weighted by Gasteiger charge is 2.27. The van der Waals surface area contributed by atoms with E-state index in [4.69, 9.17) is 9.47 Å². The van der Waals surface area contributed by atoms with E-state index < -0.39 is 0 Å². The van der Waals surface area contributed by atoms with Gasteiger partial charge >= 0.3 is 0 Å². The van der Waals surface area contributed by atoms with Gasteiger partial charge in [0.25, 0.3) is 0 Å². The SMILES string of the molecule is O=C(NCc1ccc2c(c1)OCO2)C1CCCN(c2ccc(-n3ccnc3-c3ccccc3)nn2)C1. The van der Waals surface area contributed by atoms with Crippen LogP contribution in [-0.2, 0) is 11.3 Å². The van der Waals surface area contributed by atoms with Gasteiger partial charge in [0.15, 0.2) is 23.1 Å². The van der Waals surface area contributed by atoms with E-state index >= 15 is 0 Å². The molecule has 2 aromatic carbocycles. The van der Waals surface area contributed by atoms with Gasteiger partial charge < -0.3 is 19.7 Å². The molecule has 0 radical (unpaired) electrons. The van der Waals surface area contributed by atoms with E-state index in [-0.39, 0.29) is 18.6 Å². The minimum absolute atomic E-state index is 0.0489. The van der Waals surface area contributed by atoms with E-state index in [9.17, 15) is 4.79 Å². The molecule has 2 aromatic heterocycles. The number of fused-ring (bicyclic) bond motifs is 1. The van der Waals surface area contributed by atoms with E-state index in [1.807, 2.05) is 71.4 Å². The van der Waals surface area contributed by atoms with Crippen molar-refractivity contribution in [2.24, 2.45) is 5.92 Å². The van der Waals surface area contributed by atoms with E-state index in [1.54, 1.807) is 6.20 Å². The molecular weight excluding hydrogens is 456 g/mol. The fourth-order valence-corrected chi connectivity index (χ4v) is 4.69. The van der Waals surface area contributed by atoms with Gasteiger partial charge in [0, 0.05) is 37.6 Å². The first-order valence-corrected chi connectivity index (χ1v) is 12.1. The molecule has 2 aliphatic heterocycles. The summed E-state index contributed by atoms with van der Waals surface area (Å²) in [6.07, 6.45) is 5.42. The standard InChI is InChI=1S/C27H26N6O3/c34-27(29-16-19-8-9-22-23(15-19)36-18-35-22)21-7-4-13-32(17-21)24-10-11-25(31-30-24)33-14-12-28-26(33)20-5-2-1-3-6-20/h1-3,5-6,8-12,14-15,21H,4,7,13,16-18H2,(H,29,34). The van der Waals surface area contributed by atoms with Crippen molar-refractivity contribution >= 4 is 11.7 Å². The quantitative estimate of drug-likeness (QED) is 0.449. The van der Waals surface area contributed by atoms with Gasteiger partial charge in [-0.2, -0.15) is 0 Å². The van der Waals surface area contributed by atoms with Crippen molar-refractivity contribution in [2.75, 3.05) is 24.8 Å². The van der Waals surface area contributed by atoms with Gasteiger partial charge in [-0.15, -0.1) is 10.2 Å². The van der Waals surface area contributed by atoms with Gasteiger partial charge in [0.05, 0.1) is 5.92 Å². The first-order valence-electron chi connectivity index (χ1n) is 12.1. The Labute approximate surface area is 208 Å². The second-order valence-electron chi connectivity index (χ2n) is 8.93. The van der Waals surface area contributed by atoms with Crippen molar-refractivity contribution in [3.8, 4) is 28.7 Å². The zero-order chi connectivity index (χ0) is 24.3. The summed E-state index contributed by atoms with van der Waals surface area (Å²) in [7, 11) is 0. The molecule has 1 N–H and O–H groups in total. The molecule has 1 atom stereocenters. The molecule has 4 aromatic rings. The number of hydrogen-bond acceptors (Lipinski definition) is 7. The number of benzene rings is 2. The summed E-state index contributed by atoms with van der Waals surface area (Å²) in [6.45, 7) is 2.15. The third kappa shape index (κ3) is 4.47. The summed E-state index contributed by atoms with van der Waals surface area (Å²) < 4.78 is 12.7. The van der Waals surface area contributed by atoms with Gasteiger partial charge in [0.2, 0.25) is 12.7 Å². The number of hydrogen-bond donors (Lipinski definition) is 1. The Bertz CT molecular complexity index is 1360. The number of amides is 1. The van der Waals surface area contributed by atoms with Crippen LogP contribution in [0.4, 0.5) is 5.82 Å². The van der Waals surface area contributed by atoms with Crippen LogP contribution in [-0.4, -0.2) is 45.5 Å². The smallest absolute Gasteiger partial charge is 0.231 e. The molecule has 6 rings (SSSR count). The molecule has 36 heavy (non-hydrogen) atoms. The lowest BCUT2D eigenvalue weighted by molar-refractivity contribution is -0.125. The molecule has 0 saturated carbocycles. The number of imidazole rings is 1. The van der Waals surface area contributed by atoms with Crippen LogP contribution in [0.3, 0.4) is 0 Å². The Morgan fingerprint density at radius 3 is 2.69 bits per heavy atom. The van der Waals surface area contributed by atoms with E-state index in [0.717, 1.165) is 53.7 Å². The maximum absolute atomic E-state index is 12.9. The molecule has 1 fully saturated rings. The summed E-state index contributed by atoms with van der Waals surface area (Å²) in [4.78, 5) is 19.5. The third-order valence-electron chi connectivity index (χ3n) is 6.58. The molecule has 0 bridgehead atoms. The van der Waals surface area contributed by atoms with Crippen LogP contribution in [0.15, 0.2) is 73.1 Å². The Morgan fingerprint density at radius 1 is 1.00 bits per heavy atom. The number of rotatable bonds is 6. The van der Waals surface area contributed by atoms with Crippen molar-refractivity contribution in [1.82, 2.24) is 25.1 Å². The van der Waals surface area contributed by atoms with Crippen molar-refractivity contribution in [3.63, 3.8) is 0 Å². The van der Waals surface area contributed by atoms with E-state index in [0.29, 0.717) is 18.9 Å². The molecule has 0 spiro atoms. The van der Waals surface area contributed by atoms with Gasteiger partial charge in [-0.25, -0.2) is 4.98 Å². The van der Waals surface area contributed by atoms with Gasteiger partial charge in [0.1, 0.15) is 5.82 Å². The molecular formula is C27H26N6O3. The minimum Gasteiger partial charge on any atom is -0.454 e. The highest BCUT2D eigenvalue weighted by atomic mass is 16.7. The average molecular weight is 483 g/mol. The van der Waals surface area contributed by atoms with Crippen LogP contribution in [0, 0.1) is 5.92 Å². The van der Waals surface area contributed by atoms with Gasteiger partial charge in [-0.3, -0.25) is 9.36 Å². The number of aromatic nitrogens is 4. The summed E-state index contributed by atoms with van der Waals surface area (Å²) in [6, 6.07) is 19.6. The average Bonchev–Trinajstić information content (AvgIpc) is 3.62. The second kappa shape index (κ2) is 9.69. The van der Waals surface area contributed by atoms with Crippen molar-refractivity contribution < 1.29 is 14.3 Å². The van der Waals surface area contributed by atoms with Crippen LogP contribution in [0.25, 0.3) is 17.2 Å². The van der Waals surface area contributed by atoms with Crippen molar-refractivity contribution in [2.45, 2.75) is 19.4 Å². The Kier molecular flexibility index (Phi) is 5.95. The second-order valence-corrected chi connectivity index (χ2v) is 8.93. The van der Waals surface area contributed by atoms with E-state index in [2.05, 4.69) is 25.4 Å². The monoisotopic (exact) mass is 482 g/mol. The van der Waals surface area contributed by atoms with Crippen LogP contribution in [0.1, 0.15) is 18.4 Å². The number of carbonyl (C=O) groups excluding carboxylic acids is 1.